The molecular formula is C24H39N5O8. The van der Waals surface area contributed by atoms with Crippen molar-refractivity contribution in [2.45, 2.75) is 83.6 Å². The molecule has 13 nitrogen and oxygen atoms in total. The first kappa shape index (κ1) is 31.9. The van der Waals surface area contributed by atoms with Gasteiger partial charge in [0.2, 0.25) is 11.8 Å². The molecule has 1 heterocycles. The summed E-state index contributed by atoms with van der Waals surface area (Å²) in [4.78, 5) is 73.3. The quantitative estimate of drug-likeness (QED) is 0.0698. The summed E-state index contributed by atoms with van der Waals surface area (Å²) in [5.41, 5.74) is 5.22. The van der Waals surface area contributed by atoms with Crippen LogP contribution in [0.25, 0.3) is 0 Å². The molecule has 7 N–H and O–H groups in total. The molecule has 0 aromatic heterocycles. The van der Waals surface area contributed by atoms with Crippen LogP contribution in [0.4, 0.5) is 0 Å². The third-order valence-electron chi connectivity index (χ3n) is 5.74. The van der Waals surface area contributed by atoms with Gasteiger partial charge in [-0.1, -0.05) is 20.3 Å². The largest absolute Gasteiger partial charge is 0.481 e. The minimum atomic E-state index is -1.20. The van der Waals surface area contributed by atoms with Gasteiger partial charge in [-0.2, -0.15) is 0 Å². The van der Waals surface area contributed by atoms with E-state index in [4.69, 9.17) is 15.9 Å². The number of Topliss-reactive ketones (excluding diaryl/α,β-unsaturated/α-hetero) is 1. The number of hydrogen-bond donors (Lipinski definition) is 6. The van der Waals surface area contributed by atoms with Gasteiger partial charge in [0.15, 0.2) is 12.1 Å². The van der Waals surface area contributed by atoms with Gasteiger partial charge in [-0.05, 0) is 38.6 Å². The molecule has 4 amide bonds. The number of aliphatic hydroxyl groups excluding tert-OH is 1. The highest BCUT2D eigenvalue weighted by Crippen LogP contribution is 2.10. The molecule has 0 aromatic rings. The molecule has 0 fully saturated rings. The molecule has 0 aromatic carbocycles. The molecule has 3 atom stereocenters. The topological polar surface area (TPSA) is 208 Å². The van der Waals surface area contributed by atoms with Crippen molar-refractivity contribution < 1.29 is 39.0 Å². The van der Waals surface area contributed by atoms with Crippen LogP contribution in [0.3, 0.4) is 0 Å². The van der Waals surface area contributed by atoms with Crippen molar-refractivity contribution in [2.75, 3.05) is 13.1 Å². The second kappa shape index (κ2) is 16.6. The van der Waals surface area contributed by atoms with Gasteiger partial charge in [0.25, 0.3) is 11.8 Å². The van der Waals surface area contributed by atoms with Crippen LogP contribution in [0.15, 0.2) is 12.2 Å². The van der Waals surface area contributed by atoms with E-state index in [0.29, 0.717) is 32.2 Å². The van der Waals surface area contributed by atoms with Gasteiger partial charge in [0.1, 0.15) is 6.04 Å². The highest BCUT2D eigenvalue weighted by atomic mass is 16.4. The predicted octanol–water partition coefficient (Wildman–Crippen LogP) is -0.864. The highest BCUT2D eigenvalue weighted by molar-refractivity contribution is 6.12. The van der Waals surface area contributed by atoms with Gasteiger partial charge in [0, 0.05) is 37.5 Å². The number of aliphatic carboxylic acids is 1. The highest BCUT2D eigenvalue weighted by Gasteiger charge is 2.28. The lowest BCUT2D eigenvalue weighted by atomic mass is 9.97. The number of unbranched alkanes of at least 4 members (excludes halogenated alkanes) is 2. The molecule has 208 valence electrons. The average molecular weight is 526 g/mol. The second-order valence-corrected chi connectivity index (χ2v) is 9.18. The average Bonchev–Trinajstić information content (AvgIpc) is 3.14. The number of carbonyl (C=O) groups excluding carboxylic acids is 5. The van der Waals surface area contributed by atoms with Crippen LogP contribution in [0.5, 0.6) is 0 Å². The Balaban J connectivity index is 2.62. The first-order valence-electron chi connectivity index (χ1n) is 12.5. The van der Waals surface area contributed by atoms with Gasteiger partial charge in [0.05, 0.1) is 6.04 Å². The third kappa shape index (κ3) is 12.6. The Kier molecular flexibility index (Phi) is 14.3. The van der Waals surface area contributed by atoms with Crippen LogP contribution in [0, 0.1) is 5.92 Å². The Morgan fingerprint density at radius 3 is 2.14 bits per heavy atom. The minimum absolute atomic E-state index is 0.0679. The Bertz CT molecular complexity index is 840. The van der Waals surface area contributed by atoms with Crippen molar-refractivity contribution in [1.29, 1.82) is 0 Å². The van der Waals surface area contributed by atoms with E-state index in [0.717, 1.165) is 4.90 Å². The standard InChI is InChI=1S/C24H39N5O8/c1-15(2)22(35)16(7-6-13-26-24(25)37)28-23(36)17(9-12-21(33)34)27-18(30)8-4-3-5-14-29-19(31)10-11-20(29)32/h10-11,15-17,24,26,37H,3-9,12-14,25H2,1-2H3,(H,27,30)(H,28,36)(H,33,34)/t16-,17-,24?/m0/s1. The molecule has 0 spiro atoms. The monoisotopic (exact) mass is 525 g/mol. The van der Waals surface area contributed by atoms with E-state index < -0.39 is 36.2 Å². The first-order chi connectivity index (χ1) is 17.4. The minimum Gasteiger partial charge on any atom is -0.481 e. The van der Waals surface area contributed by atoms with Gasteiger partial charge >= 0.3 is 5.97 Å². The van der Waals surface area contributed by atoms with Gasteiger partial charge < -0.3 is 20.8 Å². The van der Waals surface area contributed by atoms with E-state index >= 15 is 0 Å². The number of ketones is 1. The van der Waals surface area contributed by atoms with Crippen LogP contribution >= 0.6 is 0 Å². The number of carboxylic acids is 1. The molecule has 1 aliphatic rings. The number of carbonyl (C=O) groups is 6. The Morgan fingerprint density at radius 1 is 0.919 bits per heavy atom. The molecule has 0 radical (unpaired) electrons. The number of nitrogens with one attached hydrogen (secondary N) is 3. The molecule has 0 bridgehead atoms. The van der Waals surface area contributed by atoms with E-state index in [2.05, 4.69) is 16.0 Å². The maximum absolute atomic E-state index is 12.9. The van der Waals surface area contributed by atoms with E-state index in [-0.39, 0.29) is 55.7 Å². The summed E-state index contributed by atoms with van der Waals surface area (Å²) in [6.07, 6.45) is 2.99. The first-order valence-corrected chi connectivity index (χ1v) is 12.5. The number of imide groups is 1. The lowest BCUT2D eigenvalue weighted by Crippen LogP contribution is -2.52. The lowest BCUT2D eigenvalue weighted by molar-refractivity contribution is -0.138. The maximum Gasteiger partial charge on any atom is 0.303 e. The molecule has 37 heavy (non-hydrogen) atoms. The Labute approximate surface area is 216 Å². The Morgan fingerprint density at radius 2 is 1.57 bits per heavy atom. The SMILES string of the molecule is CC(C)C(=O)[C@H](CCCNC(N)O)NC(=O)[C@H](CCC(=O)O)NC(=O)CCCCCN1C(=O)C=CC1=O. The van der Waals surface area contributed by atoms with Crippen LogP contribution in [0.2, 0.25) is 0 Å². The fraction of sp³-hybridized carbons (Fsp3) is 0.667. The van der Waals surface area contributed by atoms with Crippen LogP contribution < -0.4 is 21.7 Å². The van der Waals surface area contributed by atoms with Crippen molar-refractivity contribution in [3.05, 3.63) is 12.2 Å². The number of nitrogens with zero attached hydrogens (tertiary/aromatic N) is 1. The van der Waals surface area contributed by atoms with E-state index in [1.807, 2.05) is 0 Å². The summed E-state index contributed by atoms with van der Waals surface area (Å²) >= 11 is 0. The van der Waals surface area contributed by atoms with E-state index in [1.54, 1.807) is 13.8 Å². The molecule has 0 aliphatic carbocycles. The van der Waals surface area contributed by atoms with Crippen molar-refractivity contribution >= 4 is 35.4 Å². The Hall–Kier alpha value is -3.16. The van der Waals surface area contributed by atoms with Crippen molar-refractivity contribution in [3.63, 3.8) is 0 Å². The maximum atomic E-state index is 12.9. The molecule has 13 heteroatoms. The van der Waals surface area contributed by atoms with Crippen LogP contribution in [0.1, 0.15) is 65.2 Å². The fourth-order valence-corrected chi connectivity index (χ4v) is 3.70. The predicted molar refractivity (Wildman–Crippen MR) is 132 cm³/mol. The van der Waals surface area contributed by atoms with Gasteiger partial charge in [-0.25, -0.2) is 0 Å². The van der Waals surface area contributed by atoms with Crippen LogP contribution in [-0.2, 0) is 28.8 Å². The van der Waals surface area contributed by atoms with Crippen molar-refractivity contribution in [1.82, 2.24) is 20.9 Å². The molecule has 1 unspecified atom stereocenters. The summed E-state index contributed by atoms with van der Waals surface area (Å²) in [5, 5.41) is 25.9. The van der Waals surface area contributed by atoms with Crippen LogP contribution in [-0.4, -0.2) is 82.0 Å². The summed E-state index contributed by atoms with van der Waals surface area (Å²) in [5.74, 6) is -3.54. The number of rotatable bonds is 19. The number of carboxylic acid groups (broad SMARTS) is 1. The number of aliphatic hydroxyl groups is 1. The molecule has 1 aliphatic heterocycles. The third-order valence-corrected chi connectivity index (χ3v) is 5.74. The second-order valence-electron chi connectivity index (χ2n) is 9.18. The number of hydrogen-bond acceptors (Lipinski definition) is 9. The zero-order valence-electron chi connectivity index (χ0n) is 21.4. The lowest BCUT2D eigenvalue weighted by Gasteiger charge is -2.24. The zero-order chi connectivity index (χ0) is 28.0. The van der Waals surface area contributed by atoms with Crippen molar-refractivity contribution in [2.24, 2.45) is 11.7 Å². The van der Waals surface area contributed by atoms with E-state index in [9.17, 15) is 28.8 Å². The molecule has 0 saturated heterocycles. The van der Waals surface area contributed by atoms with Gasteiger partial charge in [-0.15, -0.1) is 0 Å². The normalized spacial score (nSPS) is 15.5. The molecule has 0 saturated carbocycles. The molecule has 1 rings (SSSR count). The van der Waals surface area contributed by atoms with Gasteiger partial charge in [-0.3, -0.25) is 44.7 Å². The fourth-order valence-electron chi connectivity index (χ4n) is 3.70. The summed E-state index contributed by atoms with van der Waals surface area (Å²) in [7, 11) is 0. The van der Waals surface area contributed by atoms with Crippen molar-refractivity contribution in [3.8, 4) is 0 Å². The summed E-state index contributed by atoms with van der Waals surface area (Å²) < 4.78 is 0. The number of amides is 4. The summed E-state index contributed by atoms with van der Waals surface area (Å²) in [6, 6.07) is -1.99. The van der Waals surface area contributed by atoms with E-state index in [1.165, 1.54) is 12.2 Å². The zero-order valence-corrected chi connectivity index (χ0v) is 21.4. The smallest absolute Gasteiger partial charge is 0.303 e. The number of nitrogens with two attached hydrogens (primary N) is 1. The molecular weight excluding hydrogens is 486 g/mol. The summed E-state index contributed by atoms with van der Waals surface area (Å²) in [6.45, 7) is 3.95.